The van der Waals surface area contributed by atoms with Crippen LogP contribution in [0.15, 0.2) is 23.8 Å². The number of hydrogen-bond donors (Lipinski definition) is 1. The lowest BCUT2D eigenvalue weighted by Gasteiger charge is -2.35. The summed E-state index contributed by atoms with van der Waals surface area (Å²) in [4.78, 5) is 51.0. The van der Waals surface area contributed by atoms with Gasteiger partial charge in [-0.05, 0) is 61.8 Å². The van der Waals surface area contributed by atoms with E-state index in [1.165, 1.54) is 11.0 Å². The normalized spacial score (nSPS) is 26.4. The van der Waals surface area contributed by atoms with Crippen molar-refractivity contribution in [1.82, 2.24) is 10.2 Å². The molecule has 8 nitrogen and oxygen atoms in total. The summed E-state index contributed by atoms with van der Waals surface area (Å²) >= 11 is 0. The summed E-state index contributed by atoms with van der Waals surface area (Å²) in [5, 5.41) is 2.31. The summed E-state index contributed by atoms with van der Waals surface area (Å²) in [5.74, 6) is -0.204. The van der Waals surface area contributed by atoms with Crippen LogP contribution < -0.4 is 14.8 Å². The van der Waals surface area contributed by atoms with E-state index in [9.17, 15) is 19.2 Å². The lowest BCUT2D eigenvalue weighted by molar-refractivity contribution is -0.134. The van der Waals surface area contributed by atoms with Gasteiger partial charge in [0.25, 0.3) is 11.8 Å². The van der Waals surface area contributed by atoms with Crippen LogP contribution in [0.1, 0.15) is 51.5 Å². The van der Waals surface area contributed by atoms with Crippen LogP contribution in [0.25, 0.3) is 6.08 Å². The molecular formula is C23H26N2O6. The first-order chi connectivity index (χ1) is 14.9. The number of hydrogen-bond acceptors (Lipinski definition) is 6. The van der Waals surface area contributed by atoms with Gasteiger partial charge in [-0.1, -0.05) is 19.4 Å². The fourth-order valence-corrected chi connectivity index (χ4v) is 4.83. The van der Waals surface area contributed by atoms with Crippen molar-refractivity contribution in [2.45, 2.75) is 52.0 Å². The minimum absolute atomic E-state index is 0.0943. The number of esters is 1. The van der Waals surface area contributed by atoms with Crippen LogP contribution in [-0.4, -0.2) is 41.4 Å². The van der Waals surface area contributed by atoms with Gasteiger partial charge < -0.3 is 9.47 Å². The van der Waals surface area contributed by atoms with Crippen LogP contribution in [0.3, 0.4) is 0 Å². The molecule has 3 atom stereocenters. The Balaban J connectivity index is 1.62. The van der Waals surface area contributed by atoms with Gasteiger partial charge in [-0.15, -0.1) is 0 Å². The Bertz CT molecular complexity index is 969. The maximum Gasteiger partial charge on any atom is 0.331 e. The third kappa shape index (κ3) is 4.06. The highest BCUT2D eigenvalue weighted by molar-refractivity contribution is 6.31. The third-order valence-corrected chi connectivity index (χ3v) is 6.26. The predicted molar refractivity (Wildman–Crippen MR) is 111 cm³/mol. The van der Waals surface area contributed by atoms with Crippen molar-refractivity contribution in [3.05, 3.63) is 29.3 Å². The summed E-state index contributed by atoms with van der Waals surface area (Å²) in [6, 6.07) is 4.01. The van der Waals surface area contributed by atoms with Gasteiger partial charge in [-0.3, -0.25) is 24.6 Å². The van der Waals surface area contributed by atoms with Gasteiger partial charge >= 0.3 is 12.0 Å². The zero-order valence-corrected chi connectivity index (χ0v) is 17.7. The molecule has 1 N–H and O–H groups in total. The second-order valence-corrected chi connectivity index (χ2v) is 8.20. The Labute approximate surface area is 180 Å². The fourth-order valence-electron chi connectivity index (χ4n) is 4.83. The number of rotatable bonds is 6. The number of amides is 4. The van der Waals surface area contributed by atoms with Crippen molar-refractivity contribution in [3.63, 3.8) is 0 Å². The Morgan fingerprint density at radius 1 is 1.16 bits per heavy atom. The molecule has 3 fully saturated rings. The lowest BCUT2D eigenvalue weighted by Crippen LogP contribution is -2.58. The molecule has 1 aromatic carbocycles. The molecule has 1 heterocycles. The number of urea groups is 1. The van der Waals surface area contributed by atoms with E-state index in [0.717, 1.165) is 25.7 Å². The summed E-state index contributed by atoms with van der Waals surface area (Å²) in [6.45, 7) is 3.84. The Morgan fingerprint density at radius 2 is 1.97 bits per heavy atom. The number of barbiturate groups is 1. The number of imide groups is 2. The molecule has 4 rings (SSSR count). The third-order valence-electron chi connectivity index (χ3n) is 6.26. The standard InChI is InChI=1S/C23H26N2O6/c1-3-20(26)31-18-8-6-14(12-19(18)30-4-2)10-16-21(27)24-23(29)25(22(16)28)17-11-13-5-7-15(17)9-13/h6,8,10,12-13,15,17H,3-5,7,9,11H2,1-2H3,(H,24,27,29)/b16-10-/t13-,15-,17-/m0/s1. The number of fused-ring (bicyclic) bond motifs is 2. The summed E-state index contributed by atoms with van der Waals surface area (Å²) in [5.41, 5.74) is 0.434. The number of nitrogens with one attached hydrogen (secondary N) is 1. The van der Waals surface area contributed by atoms with Crippen molar-refractivity contribution in [3.8, 4) is 11.5 Å². The van der Waals surface area contributed by atoms with Gasteiger partial charge in [0.2, 0.25) is 0 Å². The first-order valence-corrected chi connectivity index (χ1v) is 10.8. The van der Waals surface area contributed by atoms with E-state index in [1.54, 1.807) is 32.0 Å². The van der Waals surface area contributed by atoms with Gasteiger partial charge in [-0.2, -0.15) is 0 Å². The SMILES string of the molecule is CCOc1cc(/C=C2/C(=O)NC(=O)N([C@H]3C[C@H]4CC[C@H]3C4)C2=O)ccc1OC(=O)CC. The molecule has 8 heteroatoms. The number of ether oxygens (including phenoxy) is 2. The second kappa shape index (κ2) is 8.53. The predicted octanol–water partition coefficient (Wildman–Crippen LogP) is 3.05. The molecule has 3 aliphatic rings. The molecule has 1 aliphatic heterocycles. The maximum absolute atomic E-state index is 13.2. The Hall–Kier alpha value is -3.16. The topological polar surface area (TPSA) is 102 Å². The van der Waals surface area contributed by atoms with Crippen molar-refractivity contribution < 1.29 is 28.7 Å². The monoisotopic (exact) mass is 426 g/mol. The minimum Gasteiger partial charge on any atom is -0.490 e. The van der Waals surface area contributed by atoms with Crippen molar-refractivity contribution >= 4 is 29.9 Å². The number of benzene rings is 1. The zero-order chi connectivity index (χ0) is 22.1. The van der Waals surface area contributed by atoms with E-state index in [4.69, 9.17) is 9.47 Å². The highest BCUT2D eigenvalue weighted by Gasteiger charge is 2.49. The number of carbonyl (C=O) groups excluding carboxylic acids is 4. The molecule has 2 bridgehead atoms. The molecule has 2 saturated carbocycles. The van der Waals surface area contributed by atoms with E-state index < -0.39 is 23.8 Å². The molecule has 31 heavy (non-hydrogen) atoms. The van der Waals surface area contributed by atoms with E-state index in [0.29, 0.717) is 29.8 Å². The van der Waals surface area contributed by atoms with E-state index in [-0.39, 0.29) is 23.8 Å². The highest BCUT2D eigenvalue weighted by atomic mass is 16.6. The molecule has 0 spiro atoms. The van der Waals surface area contributed by atoms with Crippen molar-refractivity contribution in [2.24, 2.45) is 11.8 Å². The molecular weight excluding hydrogens is 400 g/mol. The van der Waals surface area contributed by atoms with E-state index >= 15 is 0 Å². The smallest absolute Gasteiger partial charge is 0.331 e. The Morgan fingerprint density at radius 3 is 2.61 bits per heavy atom. The van der Waals surface area contributed by atoms with Crippen LogP contribution >= 0.6 is 0 Å². The molecule has 0 unspecified atom stereocenters. The molecule has 0 radical (unpaired) electrons. The quantitative estimate of drug-likeness (QED) is 0.325. The minimum atomic E-state index is -0.714. The Kier molecular flexibility index (Phi) is 5.80. The van der Waals surface area contributed by atoms with Crippen LogP contribution in [-0.2, 0) is 14.4 Å². The molecule has 4 amide bonds. The van der Waals surface area contributed by atoms with Crippen LogP contribution in [0.2, 0.25) is 0 Å². The van der Waals surface area contributed by atoms with Gasteiger partial charge in [0.15, 0.2) is 11.5 Å². The average molecular weight is 426 g/mol. The maximum atomic E-state index is 13.2. The summed E-state index contributed by atoms with van der Waals surface area (Å²) in [7, 11) is 0. The largest absolute Gasteiger partial charge is 0.490 e. The van der Waals surface area contributed by atoms with Gasteiger partial charge in [0.1, 0.15) is 5.57 Å². The fraction of sp³-hybridized carbons (Fsp3) is 0.478. The molecule has 1 saturated heterocycles. The zero-order valence-electron chi connectivity index (χ0n) is 17.7. The van der Waals surface area contributed by atoms with Crippen molar-refractivity contribution in [2.75, 3.05) is 6.61 Å². The van der Waals surface area contributed by atoms with E-state index in [1.807, 2.05) is 0 Å². The van der Waals surface area contributed by atoms with Crippen LogP contribution in [0, 0.1) is 11.8 Å². The lowest BCUT2D eigenvalue weighted by atomic mass is 9.93. The summed E-state index contributed by atoms with van der Waals surface area (Å²) in [6.07, 6.45) is 5.65. The molecule has 2 aliphatic carbocycles. The average Bonchev–Trinajstić information content (AvgIpc) is 3.36. The first-order valence-electron chi connectivity index (χ1n) is 10.8. The van der Waals surface area contributed by atoms with E-state index in [2.05, 4.69) is 5.32 Å². The second-order valence-electron chi connectivity index (χ2n) is 8.20. The van der Waals surface area contributed by atoms with Gasteiger partial charge in [-0.25, -0.2) is 4.79 Å². The van der Waals surface area contributed by atoms with Gasteiger partial charge in [0, 0.05) is 12.5 Å². The molecule has 164 valence electrons. The molecule has 0 aromatic heterocycles. The summed E-state index contributed by atoms with van der Waals surface area (Å²) < 4.78 is 10.8. The van der Waals surface area contributed by atoms with Crippen LogP contribution in [0.4, 0.5) is 4.79 Å². The highest BCUT2D eigenvalue weighted by Crippen LogP contribution is 2.47. The number of nitrogens with zero attached hydrogens (tertiary/aromatic N) is 1. The van der Waals surface area contributed by atoms with Crippen LogP contribution in [0.5, 0.6) is 11.5 Å². The van der Waals surface area contributed by atoms with Gasteiger partial charge in [0.05, 0.1) is 6.61 Å². The number of carbonyl (C=O) groups is 4. The van der Waals surface area contributed by atoms with Crippen molar-refractivity contribution in [1.29, 1.82) is 0 Å². The molecule has 1 aromatic rings. The first kappa shape index (κ1) is 21.1.